The molecule has 5 nitrogen and oxygen atoms in total. The Kier molecular flexibility index (Phi) is 6.59. The van der Waals surface area contributed by atoms with Gasteiger partial charge in [-0.2, -0.15) is 0 Å². The zero-order valence-corrected chi connectivity index (χ0v) is 11.9. The van der Waals surface area contributed by atoms with Crippen molar-refractivity contribution in [2.45, 2.75) is 32.8 Å². The number of anilines is 1. The maximum Gasteiger partial charge on any atom is 0.310 e. The van der Waals surface area contributed by atoms with E-state index in [1.54, 1.807) is 12.1 Å². The van der Waals surface area contributed by atoms with E-state index in [1.165, 1.54) is 6.07 Å². The Hall–Kier alpha value is -1.33. The third-order valence-corrected chi connectivity index (χ3v) is 2.81. The summed E-state index contributed by atoms with van der Waals surface area (Å²) < 4.78 is 5.42. The summed E-state index contributed by atoms with van der Waals surface area (Å²) in [5.41, 5.74) is 0.393. The molecule has 19 heavy (non-hydrogen) atoms. The molecule has 0 aliphatic heterocycles. The highest BCUT2D eigenvalue weighted by molar-refractivity contribution is 6.33. The van der Waals surface area contributed by atoms with Crippen LogP contribution in [-0.2, 0) is 4.74 Å². The van der Waals surface area contributed by atoms with Gasteiger partial charge in [-0.3, -0.25) is 10.1 Å². The van der Waals surface area contributed by atoms with E-state index < -0.39 is 4.92 Å². The van der Waals surface area contributed by atoms with Crippen LogP contribution >= 0.6 is 11.6 Å². The fourth-order valence-electron chi connectivity index (χ4n) is 1.61. The van der Waals surface area contributed by atoms with Gasteiger partial charge in [-0.05, 0) is 38.8 Å². The lowest BCUT2D eigenvalue weighted by Gasteiger charge is -2.09. The average Bonchev–Trinajstić information content (AvgIpc) is 2.32. The third-order valence-electron chi connectivity index (χ3n) is 2.51. The standard InChI is InChI=1S/C13H19ClN2O3/c1-10(2)19-9-4-3-8-15-12-7-5-6-11(14)13(12)16(17)18/h5-7,10,15H,3-4,8-9H2,1-2H3. The number of benzene rings is 1. The Morgan fingerprint density at radius 3 is 2.79 bits per heavy atom. The lowest BCUT2D eigenvalue weighted by Crippen LogP contribution is -2.08. The van der Waals surface area contributed by atoms with Gasteiger partial charge in [-0.15, -0.1) is 0 Å². The van der Waals surface area contributed by atoms with Crippen LogP contribution < -0.4 is 5.32 Å². The first-order valence-corrected chi connectivity index (χ1v) is 6.68. The molecular formula is C13H19ClN2O3. The highest BCUT2D eigenvalue weighted by atomic mass is 35.5. The van der Waals surface area contributed by atoms with Gasteiger partial charge in [-0.25, -0.2) is 0 Å². The second kappa shape index (κ2) is 7.96. The maximum absolute atomic E-state index is 10.9. The van der Waals surface area contributed by atoms with Crippen LogP contribution in [0.1, 0.15) is 26.7 Å². The van der Waals surface area contributed by atoms with Crippen molar-refractivity contribution < 1.29 is 9.66 Å². The number of nitrogens with one attached hydrogen (secondary N) is 1. The summed E-state index contributed by atoms with van der Waals surface area (Å²) in [5, 5.41) is 14.1. The van der Waals surface area contributed by atoms with Crippen LogP contribution in [0.5, 0.6) is 0 Å². The molecule has 0 atom stereocenters. The number of nitrogens with zero attached hydrogens (tertiary/aromatic N) is 1. The van der Waals surface area contributed by atoms with Crippen LogP contribution in [0.3, 0.4) is 0 Å². The Labute approximate surface area is 118 Å². The molecule has 0 fully saturated rings. The van der Waals surface area contributed by atoms with Crippen molar-refractivity contribution in [1.82, 2.24) is 0 Å². The number of nitro groups is 1. The van der Waals surface area contributed by atoms with E-state index in [9.17, 15) is 10.1 Å². The summed E-state index contributed by atoms with van der Waals surface area (Å²) in [4.78, 5) is 10.4. The van der Waals surface area contributed by atoms with Gasteiger partial charge in [-0.1, -0.05) is 17.7 Å². The molecule has 1 aromatic rings. The Morgan fingerprint density at radius 1 is 1.42 bits per heavy atom. The van der Waals surface area contributed by atoms with Gasteiger partial charge >= 0.3 is 5.69 Å². The third kappa shape index (κ3) is 5.44. The van der Waals surface area contributed by atoms with Crippen molar-refractivity contribution in [1.29, 1.82) is 0 Å². The first-order valence-electron chi connectivity index (χ1n) is 6.30. The van der Waals surface area contributed by atoms with Gasteiger partial charge in [0, 0.05) is 13.2 Å². The fraction of sp³-hybridized carbons (Fsp3) is 0.538. The van der Waals surface area contributed by atoms with E-state index in [4.69, 9.17) is 16.3 Å². The molecule has 0 aliphatic carbocycles. The quantitative estimate of drug-likeness (QED) is 0.448. The molecule has 1 rings (SSSR count). The molecule has 0 aromatic heterocycles. The summed E-state index contributed by atoms with van der Waals surface area (Å²) in [6, 6.07) is 4.87. The predicted molar refractivity (Wildman–Crippen MR) is 76.9 cm³/mol. The van der Waals surface area contributed by atoms with E-state index in [-0.39, 0.29) is 16.8 Å². The lowest BCUT2D eigenvalue weighted by molar-refractivity contribution is -0.383. The second-order valence-corrected chi connectivity index (χ2v) is 4.85. The van der Waals surface area contributed by atoms with Crippen molar-refractivity contribution in [2.75, 3.05) is 18.5 Å². The monoisotopic (exact) mass is 286 g/mol. The average molecular weight is 287 g/mol. The Morgan fingerprint density at radius 2 is 2.16 bits per heavy atom. The molecule has 0 amide bonds. The van der Waals surface area contributed by atoms with Crippen LogP contribution in [-0.4, -0.2) is 24.2 Å². The molecule has 0 radical (unpaired) electrons. The summed E-state index contributed by atoms with van der Waals surface area (Å²) in [6.45, 7) is 5.35. The Bertz CT molecular complexity index is 424. The number of ether oxygens (including phenoxy) is 1. The van der Waals surface area contributed by atoms with Gasteiger partial charge in [0.1, 0.15) is 10.7 Å². The summed E-state index contributed by atoms with van der Waals surface area (Å²) in [5.74, 6) is 0. The predicted octanol–water partition coefficient (Wildman–Crippen LogP) is 3.87. The van der Waals surface area contributed by atoms with Crippen LogP contribution in [0.4, 0.5) is 11.4 Å². The van der Waals surface area contributed by atoms with E-state index in [0.717, 1.165) is 12.8 Å². The molecule has 0 spiro atoms. The molecular weight excluding hydrogens is 268 g/mol. The molecule has 106 valence electrons. The normalized spacial score (nSPS) is 10.7. The van der Waals surface area contributed by atoms with Gasteiger partial charge in [0.2, 0.25) is 0 Å². The number of rotatable bonds is 8. The Balaban J connectivity index is 2.41. The minimum absolute atomic E-state index is 0.0670. The second-order valence-electron chi connectivity index (χ2n) is 4.45. The largest absolute Gasteiger partial charge is 0.379 e. The molecule has 0 aliphatic rings. The number of hydrogen-bond donors (Lipinski definition) is 1. The maximum atomic E-state index is 10.9. The molecule has 0 unspecified atom stereocenters. The van der Waals surface area contributed by atoms with Gasteiger partial charge < -0.3 is 10.1 Å². The summed E-state index contributed by atoms with van der Waals surface area (Å²) in [6.07, 6.45) is 2.04. The minimum Gasteiger partial charge on any atom is -0.379 e. The van der Waals surface area contributed by atoms with Gasteiger partial charge in [0.15, 0.2) is 0 Å². The van der Waals surface area contributed by atoms with Crippen LogP contribution in [0.25, 0.3) is 0 Å². The van der Waals surface area contributed by atoms with Crippen LogP contribution in [0.15, 0.2) is 18.2 Å². The topological polar surface area (TPSA) is 64.4 Å². The molecule has 0 saturated carbocycles. The minimum atomic E-state index is -0.466. The summed E-state index contributed by atoms with van der Waals surface area (Å²) in [7, 11) is 0. The highest BCUT2D eigenvalue weighted by Crippen LogP contribution is 2.32. The van der Waals surface area contributed by atoms with Gasteiger partial charge in [0.25, 0.3) is 0 Å². The fourth-order valence-corrected chi connectivity index (χ4v) is 1.86. The molecule has 6 heteroatoms. The smallest absolute Gasteiger partial charge is 0.310 e. The van der Waals surface area contributed by atoms with Crippen molar-refractivity contribution >= 4 is 23.0 Å². The zero-order valence-electron chi connectivity index (χ0n) is 11.2. The number of nitro benzene ring substituents is 1. The van der Waals surface area contributed by atoms with Crippen molar-refractivity contribution in [3.8, 4) is 0 Å². The first kappa shape index (κ1) is 15.7. The van der Waals surface area contributed by atoms with Crippen molar-refractivity contribution in [3.05, 3.63) is 33.3 Å². The zero-order chi connectivity index (χ0) is 14.3. The molecule has 0 saturated heterocycles. The molecule has 1 N–H and O–H groups in total. The van der Waals surface area contributed by atoms with Crippen LogP contribution in [0.2, 0.25) is 5.02 Å². The van der Waals surface area contributed by atoms with E-state index in [0.29, 0.717) is 18.8 Å². The molecule has 0 heterocycles. The van der Waals surface area contributed by atoms with Crippen LogP contribution in [0, 0.1) is 10.1 Å². The number of hydrogen-bond acceptors (Lipinski definition) is 4. The highest BCUT2D eigenvalue weighted by Gasteiger charge is 2.17. The summed E-state index contributed by atoms with van der Waals surface area (Å²) >= 11 is 5.82. The molecule has 0 bridgehead atoms. The first-order chi connectivity index (χ1) is 9.02. The van der Waals surface area contributed by atoms with Crippen molar-refractivity contribution in [2.24, 2.45) is 0 Å². The molecule has 1 aromatic carbocycles. The van der Waals surface area contributed by atoms with Crippen molar-refractivity contribution in [3.63, 3.8) is 0 Å². The number of halogens is 1. The lowest BCUT2D eigenvalue weighted by atomic mass is 10.2. The van der Waals surface area contributed by atoms with E-state index in [1.807, 2.05) is 13.8 Å². The number of unbranched alkanes of at least 4 members (excludes halogenated alkanes) is 1. The number of para-hydroxylation sites is 1. The van der Waals surface area contributed by atoms with E-state index in [2.05, 4.69) is 5.32 Å². The van der Waals surface area contributed by atoms with E-state index >= 15 is 0 Å². The van der Waals surface area contributed by atoms with Gasteiger partial charge in [0.05, 0.1) is 11.0 Å². The SMILES string of the molecule is CC(C)OCCCCNc1cccc(Cl)c1[N+](=O)[O-].